The van der Waals surface area contributed by atoms with Crippen LogP contribution >= 0.6 is 0 Å². The van der Waals surface area contributed by atoms with E-state index in [1.54, 1.807) is 30.3 Å². The molecule has 3 aromatic carbocycles. The minimum Gasteiger partial charge on any atom is -0.490 e. The predicted octanol–water partition coefficient (Wildman–Crippen LogP) is 4.80. The van der Waals surface area contributed by atoms with Gasteiger partial charge in [0.15, 0.2) is 11.5 Å². The van der Waals surface area contributed by atoms with Gasteiger partial charge in [-0.05, 0) is 54.0 Å². The second kappa shape index (κ2) is 11.8. The van der Waals surface area contributed by atoms with Crippen LogP contribution in [-0.4, -0.2) is 17.4 Å². The molecule has 0 saturated heterocycles. The second-order valence-corrected chi connectivity index (χ2v) is 7.19. The number of nitrogens with one attached hydrogen (secondary N) is 1. The summed E-state index contributed by atoms with van der Waals surface area (Å²) < 4.78 is 11.5. The lowest BCUT2D eigenvalue weighted by Crippen LogP contribution is -2.23. The monoisotopic (exact) mass is 457 g/mol. The summed E-state index contributed by atoms with van der Waals surface area (Å²) >= 11 is 0. The summed E-state index contributed by atoms with van der Waals surface area (Å²) in [6, 6.07) is 22.6. The Morgan fingerprint density at radius 2 is 1.76 bits per heavy atom. The number of hydrogen-bond donors (Lipinski definition) is 1. The van der Waals surface area contributed by atoms with Crippen LogP contribution in [0.5, 0.6) is 11.5 Å². The molecule has 1 amide bonds. The Hall–Kier alpha value is -4.64. The van der Waals surface area contributed by atoms with Crippen molar-refractivity contribution in [3.8, 4) is 17.6 Å². The lowest BCUT2D eigenvalue weighted by atomic mass is 10.1. The number of nitrogens with zero attached hydrogens (tertiary/aromatic N) is 2. The van der Waals surface area contributed by atoms with Gasteiger partial charge in [0.2, 0.25) is 0 Å². The normalized spacial score (nSPS) is 10.8. The Morgan fingerprint density at radius 1 is 1.03 bits per heavy atom. The first-order valence-electron chi connectivity index (χ1n) is 10.6. The third kappa shape index (κ3) is 6.68. The molecule has 0 aromatic heterocycles. The highest BCUT2D eigenvalue weighted by Crippen LogP contribution is 2.30. The summed E-state index contributed by atoms with van der Waals surface area (Å²) in [5.74, 6) is 0.465. The van der Waals surface area contributed by atoms with Crippen molar-refractivity contribution in [3.05, 3.63) is 105 Å². The summed E-state index contributed by atoms with van der Waals surface area (Å²) in [5, 5.41) is 23.0. The highest BCUT2D eigenvalue weighted by molar-refractivity contribution is 6.01. The minimum atomic E-state index is -0.470. The van der Waals surface area contributed by atoms with Crippen molar-refractivity contribution in [2.24, 2.45) is 0 Å². The zero-order chi connectivity index (χ0) is 24.3. The van der Waals surface area contributed by atoms with Gasteiger partial charge in [-0.3, -0.25) is 14.9 Å². The quantitative estimate of drug-likeness (QED) is 0.202. The van der Waals surface area contributed by atoms with Crippen molar-refractivity contribution < 1.29 is 19.2 Å². The molecule has 0 saturated carbocycles. The van der Waals surface area contributed by atoms with E-state index in [0.29, 0.717) is 30.2 Å². The topological polar surface area (TPSA) is 114 Å². The fourth-order valence-corrected chi connectivity index (χ4v) is 3.07. The van der Waals surface area contributed by atoms with Crippen LogP contribution in [0.15, 0.2) is 78.4 Å². The SMILES string of the molecule is CCOc1cc(/C=C(\C#N)C(=O)NCc2ccccc2)ccc1OCc1ccc([N+](=O)[O-])cc1. The van der Waals surface area contributed by atoms with Gasteiger partial charge in [0.1, 0.15) is 18.2 Å². The van der Waals surface area contributed by atoms with Gasteiger partial charge in [0.25, 0.3) is 11.6 Å². The van der Waals surface area contributed by atoms with E-state index in [9.17, 15) is 20.2 Å². The molecule has 0 aliphatic rings. The predicted molar refractivity (Wildman–Crippen MR) is 127 cm³/mol. The molecule has 0 radical (unpaired) electrons. The minimum absolute atomic E-state index is 0.0102. The summed E-state index contributed by atoms with van der Waals surface area (Å²) in [4.78, 5) is 22.8. The van der Waals surface area contributed by atoms with Crippen LogP contribution in [0, 0.1) is 21.4 Å². The Labute approximate surface area is 197 Å². The van der Waals surface area contributed by atoms with Crippen LogP contribution in [0.25, 0.3) is 6.08 Å². The van der Waals surface area contributed by atoms with Crippen LogP contribution in [0.1, 0.15) is 23.6 Å². The Kier molecular flexibility index (Phi) is 8.36. The number of carbonyl (C=O) groups is 1. The smallest absolute Gasteiger partial charge is 0.269 e. The highest BCUT2D eigenvalue weighted by atomic mass is 16.6. The molecule has 0 heterocycles. The zero-order valence-corrected chi connectivity index (χ0v) is 18.6. The molecular weight excluding hydrogens is 434 g/mol. The van der Waals surface area contributed by atoms with Crippen molar-refractivity contribution in [1.82, 2.24) is 5.32 Å². The van der Waals surface area contributed by atoms with Crippen LogP contribution in [0.2, 0.25) is 0 Å². The summed E-state index contributed by atoms with van der Waals surface area (Å²) in [6.07, 6.45) is 1.49. The molecule has 0 aliphatic heterocycles. The molecule has 0 bridgehead atoms. The maximum Gasteiger partial charge on any atom is 0.269 e. The third-order valence-corrected chi connectivity index (χ3v) is 4.78. The van der Waals surface area contributed by atoms with Gasteiger partial charge in [-0.2, -0.15) is 5.26 Å². The van der Waals surface area contributed by atoms with Gasteiger partial charge in [-0.25, -0.2) is 0 Å². The van der Waals surface area contributed by atoms with Gasteiger partial charge in [-0.15, -0.1) is 0 Å². The first-order chi connectivity index (χ1) is 16.5. The van der Waals surface area contributed by atoms with Crippen LogP contribution in [0.3, 0.4) is 0 Å². The van der Waals surface area contributed by atoms with Crippen molar-refractivity contribution >= 4 is 17.7 Å². The maximum absolute atomic E-state index is 12.5. The molecule has 3 aromatic rings. The number of nitro groups is 1. The van der Waals surface area contributed by atoms with Crippen molar-refractivity contribution in [2.45, 2.75) is 20.1 Å². The lowest BCUT2D eigenvalue weighted by molar-refractivity contribution is -0.384. The van der Waals surface area contributed by atoms with E-state index in [-0.39, 0.29) is 17.9 Å². The number of non-ortho nitro benzene ring substituents is 1. The Bertz CT molecular complexity index is 1220. The highest BCUT2D eigenvalue weighted by Gasteiger charge is 2.12. The first-order valence-corrected chi connectivity index (χ1v) is 10.6. The van der Waals surface area contributed by atoms with Crippen molar-refractivity contribution in [2.75, 3.05) is 6.61 Å². The van der Waals surface area contributed by atoms with E-state index in [2.05, 4.69) is 5.32 Å². The average Bonchev–Trinajstić information content (AvgIpc) is 2.86. The molecule has 8 heteroatoms. The van der Waals surface area contributed by atoms with E-state index in [1.807, 2.05) is 43.3 Å². The molecule has 172 valence electrons. The average molecular weight is 457 g/mol. The van der Waals surface area contributed by atoms with E-state index in [1.165, 1.54) is 18.2 Å². The number of ether oxygens (including phenoxy) is 2. The molecule has 8 nitrogen and oxygen atoms in total. The maximum atomic E-state index is 12.5. The molecule has 0 spiro atoms. The number of nitriles is 1. The van der Waals surface area contributed by atoms with Gasteiger partial charge in [-0.1, -0.05) is 36.4 Å². The second-order valence-electron chi connectivity index (χ2n) is 7.19. The molecule has 3 rings (SSSR count). The first kappa shape index (κ1) is 24.0. The molecule has 34 heavy (non-hydrogen) atoms. The molecule has 0 unspecified atom stereocenters. The number of rotatable bonds is 10. The lowest BCUT2D eigenvalue weighted by Gasteiger charge is -2.13. The molecule has 0 atom stereocenters. The number of hydrogen-bond acceptors (Lipinski definition) is 6. The summed E-state index contributed by atoms with van der Waals surface area (Å²) in [6.45, 7) is 2.74. The molecular formula is C26H23N3O5. The number of nitro benzene ring substituents is 1. The molecule has 0 aliphatic carbocycles. The summed E-state index contributed by atoms with van der Waals surface area (Å²) in [5.41, 5.74) is 2.28. The van der Waals surface area contributed by atoms with Crippen molar-refractivity contribution in [3.63, 3.8) is 0 Å². The Balaban J connectivity index is 1.71. The molecule has 0 fully saturated rings. The van der Waals surface area contributed by atoms with Crippen molar-refractivity contribution in [1.29, 1.82) is 5.26 Å². The van der Waals surface area contributed by atoms with Crippen LogP contribution in [0.4, 0.5) is 5.69 Å². The van der Waals surface area contributed by atoms with Crippen LogP contribution < -0.4 is 14.8 Å². The summed E-state index contributed by atoms with van der Waals surface area (Å²) in [7, 11) is 0. The van der Waals surface area contributed by atoms with E-state index in [0.717, 1.165) is 11.1 Å². The van der Waals surface area contributed by atoms with E-state index < -0.39 is 10.8 Å². The van der Waals surface area contributed by atoms with E-state index in [4.69, 9.17) is 9.47 Å². The van der Waals surface area contributed by atoms with Crippen LogP contribution in [-0.2, 0) is 17.9 Å². The number of amides is 1. The standard InChI is InChI=1S/C26H23N3O5/c1-2-33-25-15-21(14-22(16-27)26(30)28-17-19-6-4-3-5-7-19)10-13-24(25)34-18-20-8-11-23(12-9-20)29(31)32/h3-15H,2,17-18H2,1H3,(H,28,30)/b22-14+. The zero-order valence-electron chi connectivity index (χ0n) is 18.6. The number of benzene rings is 3. The third-order valence-electron chi connectivity index (χ3n) is 4.78. The molecule has 1 N–H and O–H groups in total. The largest absolute Gasteiger partial charge is 0.490 e. The van der Waals surface area contributed by atoms with E-state index >= 15 is 0 Å². The van der Waals surface area contributed by atoms with Gasteiger partial charge in [0, 0.05) is 18.7 Å². The fraction of sp³-hybridized carbons (Fsp3) is 0.154. The van der Waals surface area contributed by atoms with Gasteiger partial charge in [0.05, 0.1) is 11.5 Å². The number of carbonyl (C=O) groups excluding carboxylic acids is 1. The van der Waals surface area contributed by atoms with Gasteiger partial charge < -0.3 is 14.8 Å². The fourth-order valence-electron chi connectivity index (χ4n) is 3.07. The van der Waals surface area contributed by atoms with Gasteiger partial charge >= 0.3 is 0 Å². The Morgan fingerprint density at radius 3 is 2.41 bits per heavy atom.